The summed E-state index contributed by atoms with van der Waals surface area (Å²) in [4.78, 5) is 14.8. The van der Waals surface area contributed by atoms with E-state index in [1.165, 1.54) is 39.1 Å². The first-order valence-corrected chi connectivity index (χ1v) is 9.57. The van der Waals surface area contributed by atoms with Crippen LogP contribution in [-0.2, 0) is 4.74 Å². The molecule has 0 radical (unpaired) electrons. The fourth-order valence-corrected chi connectivity index (χ4v) is 4.63. The van der Waals surface area contributed by atoms with Gasteiger partial charge in [0.15, 0.2) is 5.96 Å². The molecule has 5 rings (SSSR count). The zero-order chi connectivity index (χ0) is 16.4. The molecule has 5 heterocycles. The van der Waals surface area contributed by atoms with Crippen LogP contribution in [0.15, 0.2) is 4.99 Å². The largest absolute Gasteiger partial charge is 0.379 e. The second kappa shape index (κ2) is 9.16. The van der Waals surface area contributed by atoms with Gasteiger partial charge >= 0.3 is 0 Å². The molecule has 7 nitrogen and oxygen atoms in total. The van der Waals surface area contributed by atoms with Crippen LogP contribution in [0.1, 0.15) is 6.42 Å². The predicted octanol–water partition coefficient (Wildman–Crippen LogP) is -0.414. The second-order valence-electron chi connectivity index (χ2n) is 7.46. The number of fused-ring (bicyclic) bond motifs is 3. The van der Waals surface area contributed by atoms with Crippen LogP contribution in [0.3, 0.4) is 0 Å². The molecule has 0 aromatic rings. The molecule has 5 saturated heterocycles. The van der Waals surface area contributed by atoms with Crippen molar-refractivity contribution in [2.75, 3.05) is 85.7 Å². The molecule has 0 spiro atoms. The summed E-state index contributed by atoms with van der Waals surface area (Å²) >= 11 is 0. The lowest BCUT2D eigenvalue weighted by Crippen LogP contribution is -2.64. The molecule has 0 aromatic carbocycles. The fraction of sp³-hybridized carbons (Fsp3) is 0.941. The lowest BCUT2D eigenvalue weighted by Gasteiger charge is -2.47. The summed E-state index contributed by atoms with van der Waals surface area (Å²) in [5, 5.41) is 3.65. The number of likely N-dealkylation sites (tertiary alicyclic amines) is 1. The lowest BCUT2D eigenvalue weighted by atomic mass is 10.1. The molecule has 2 bridgehead atoms. The molecule has 0 aromatic heterocycles. The number of piperazine rings is 3. The molecule has 8 heteroatoms. The van der Waals surface area contributed by atoms with Crippen LogP contribution in [-0.4, -0.2) is 123 Å². The van der Waals surface area contributed by atoms with E-state index in [1.54, 1.807) is 0 Å². The van der Waals surface area contributed by atoms with Crippen molar-refractivity contribution in [3.05, 3.63) is 0 Å². The standard InChI is InChI=1S/C17H32N6O.HI/c1-18-17(19-12-16-13-20-4-6-21(16)7-5-20)23-3-2-15(14-23)22-8-10-24-11-9-22;/h15-16H,2-14H2,1H3,(H,18,19);1H. The van der Waals surface area contributed by atoms with Crippen molar-refractivity contribution >= 4 is 29.9 Å². The van der Waals surface area contributed by atoms with Crippen molar-refractivity contribution in [3.8, 4) is 0 Å². The molecule has 0 amide bonds. The van der Waals surface area contributed by atoms with Crippen LogP contribution in [0, 0.1) is 0 Å². The third-order valence-electron chi connectivity index (χ3n) is 6.12. The second-order valence-corrected chi connectivity index (χ2v) is 7.46. The summed E-state index contributed by atoms with van der Waals surface area (Å²) in [6.07, 6.45) is 1.24. The molecule has 2 unspecified atom stereocenters. The van der Waals surface area contributed by atoms with Gasteiger partial charge in [0.25, 0.3) is 0 Å². The van der Waals surface area contributed by atoms with Gasteiger partial charge in [-0.2, -0.15) is 0 Å². The normalized spacial score (nSPS) is 36.4. The molecule has 5 aliphatic heterocycles. The highest BCUT2D eigenvalue weighted by Gasteiger charge is 2.33. The first kappa shape index (κ1) is 19.6. The molecule has 0 saturated carbocycles. The van der Waals surface area contributed by atoms with Crippen LogP contribution in [0.4, 0.5) is 0 Å². The molecule has 2 atom stereocenters. The van der Waals surface area contributed by atoms with Crippen molar-refractivity contribution in [2.24, 2.45) is 4.99 Å². The third kappa shape index (κ3) is 4.58. The summed E-state index contributed by atoms with van der Waals surface area (Å²) in [6, 6.07) is 1.30. The maximum absolute atomic E-state index is 5.48. The fourth-order valence-electron chi connectivity index (χ4n) is 4.63. The summed E-state index contributed by atoms with van der Waals surface area (Å²) in [7, 11) is 1.92. The van der Waals surface area contributed by atoms with Gasteiger partial charge in [-0.1, -0.05) is 0 Å². The minimum atomic E-state index is 0. The maximum Gasteiger partial charge on any atom is 0.193 e. The smallest absolute Gasteiger partial charge is 0.193 e. The molecule has 0 aliphatic carbocycles. The van der Waals surface area contributed by atoms with E-state index >= 15 is 0 Å². The molecule has 144 valence electrons. The number of guanidine groups is 1. The number of aliphatic imine (C=N–C) groups is 1. The molecule has 5 aliphatic rings. The van der Waals surface area contributed by atoms with Crippen molar-refractivity contribution in [1.82, 2.24) is 24.9 Å². The van der Waals surface area contributed by atoms with Gasteiger partial charge in [-0.15, -0.1) is 24.0 Å². The number of halogens is 1. The van der Waals surface area contributed by atoms with E-state index in [1.807, 2.05) is 7.05 Å². The van der Waals surface area contributed by atoms with Gasteiger partial charge in [-0.05, 0) is 6.42 Å². The van der Waals surface area contributed by atoms with Gasteiger partial charge in [0.2, 0.25) is 0 Å². The Morgan fingerprint density at radius 1 is 1.00 bits per heavy atom. The van der Waals surface area contributed by atoms with Gasteiger partial charge in [0.05, 0.1) is 13.2 Å². The Bertz CT molecular complexity index is 450. The van der Waals surface area contributed by atoms with Crippen LogP contribution in [0.25, 0.3) is 0 Å². The highest BCUT2D eigenvalue weighted by atomic mass is 127. The number of nitrogens with zero attached hydrogens (tertiary/aromatic N) is 5. The van der Waals surface area contributed by atoms with Crippen molar-refractivity contribution in [3.63, 3.8) is 0 Å². The number of hydrogen-bond acceptors (Lipinski definition) is 5. The average Bonchev–Trinajstić information content (AvgIpc) is 3.14. The number of hydrogen-bond donors (Lipinski definition) is 1. The van der Waals surface area contributed by atoms with Crippen LogP contribution < -0.4 is 5.32 Å². The van der Waals surface area contributed by atoms with E-state index in [-0.39, 0.29) is 24.0 Å². The Labute approximate surface area is 168 Å². The Balaban J connectivity index is 0.00000182. The van der Waals surface area contributed by atoms with Crippen LogP contribution >= 0.6 is 24.0 Å². The van der Waals surface area contributed by atoms with E-state index in [0.717, 1.165) is 51.9 Å². The Hall–Kier alpha value is -0.160. The van der Waals surface area contributed by atoms with E-state index in [9.17, 15) is 0 Å². The van der Waals surface area contributed by atoms with Gasteiger partial charge in [-0.3, -0.25) is 19.7 Å². The summed E-state index contributed by atoms with van der Waals surface area (Å²) < 4.78 is 5.48. The topological polar surface area (TPSA) is 46.6 Å². The van der Waals surface area contributed by atoms with Gasteiger partial charge < -0.3 is 15.0 Å². The van der Waals surface area contributed by atoms with Gasteiger partial charge in [0.1, 0.15) is 0 Å². The Morgan fingerprint density at radius 3 is 2.40 bits per heavy atom. The van der Waals surface area contributed by atoms with Gasteiger partial charge in [0, 0.05) is 84.6 Å². The highest BCUT2D eigenvalue weighted by Crippen LogP contribution is 2.18. The molecule has 25 heavy (non-hydrogen) atoms. The van der Waals surface area contributed by atoms with E-state index in [2.05, 4.69) is 29.9 Å². The van der Waals surface area contributed by atoms with E-state index in [4.69, 9.17) is 4.74 Å². The predicted molar refractivity (Wildman–Crippen MR) is 111 cm³/mol. The highest BCUT2D eigenvalue weighted by molar-refractivity contribution is 14.0. The van der Waals surface area contributed by atoms with Crippen LogP contribution in [0.5, 0.6) is 0 Å². The number of ether oxygens (including phenoxy) is 1. The van der Waals surface area contributed by atoms with E-state index in [0.29, 0.717) is 12.1 Å². The van der Waals surface area contributed by atoms with Crippen molar-refractivity contribution in [1.29, 1.82) is 0 Å². The summed E-state index contributed by atoms with van der Waals surface area (Å²) in [5.74, 6) is 1.09. The zero-order valence-electron chi connectivity index (χ0n) is 15.4. The SMILES string of the molecule is CN=C(NCC1CN2CCN1CC2)N1CCC(N2CCOCC2)C1.I. The van der Waals surface area contributed by atoms with Crippen molar-refractivity contribution < 1.29 is 4.74 Å². The summed E-state index contributed by atoms with van der Waals surface area (Å²) in [6.45, 7) is 13.3. The first-order valence-electron chi connectivity index (χ1n) is 9.57. The minimum Gasteiger partial charge on any atom is -0.379 e. The molecular weight excluding hydrogens is 431 g/mol. The number of rotatable bonds is 3. The number of nitrogens with one attached hydrogen (secondary N) is 1. The minimum absolute atomic E-state index is 0. The molecule has 5 fully saturated rings. The average molecular weight is 464 g/mol. The summed E-state index contributed by atoms with van der Waals surface area (Å²) in [5.41, 5.74) is 0. The number of morpholine rings is 1. The monoisotopic (exact) mass is 464 g/mol. The van der Waals surface area contributed by atoms with Gasteiger partial charge in [-0.25, -0.2) is 0 Å². The molecule has 1 N–H and O–H groups in total. The van der Waals surface area contributed by atoms with Crippen LogP contribution in [0.2, 0.25) is 0 Å². The lowest BCUT2D eigenvalue weighted by molar-refractivity contribution is 0.0150. The first-order chi connectivity index (χ1) is 11.8. The zero-order valence-corrected chi connectivity index (χ0v) is 17.7. The van der Waals surface area contributed by atoms with E-state index < -0.39 is 0 Å². The van der Waals surface area contributed by atoms with Crippen molar-refractivity contribution in [2.45, 2.75) is 18.5 Å². The maximum atomic E-state index is 5.48. The Kier molecular flexibility index (Phi) is 7.18. The quantitative estimate of drug-likeness (QED) is 0.348. The Morgan fingerprint density at radius 2 is 1.76 bits per heavy atom. The third-order valence-corrected chi connectivity index (χ3v) is 6.12. The molecular formula is C17H33IN6O.